The molecule has 0 saturated heterocycles. The number of nitrogens with two attached hydrogens (primary N) is 1. The maximum atomic E-state index is 5.99. The number of nitrogens with zero attached hydrogens (tertiary/aromatic N) is 1. The van der Waals surface area contributed by atoms with Crippen LogP contribution < -0.4 is 5.73 Å². The molecular weight excluding hydrogens is 188 g/mol. The average molecular weight is 208 g/mol. The van der Waals surface area contributed by atoms with Gasteiger partial charge in [-0.25, -0.2) is 0 Å². The maximum Gasteiger partial charge on any atom is 0.0462 e. The zero-order chi connectivity index (χ0) is 10.9. The molecule has 1 atom stereocenters. The normalized spacial score (nSPS) is 12.7. The zero-order valence-corrected chi connectivity index (χ0v) is 9.36. The Morgan fingerprint density at radius 3 is 2.73 bits per heavy atom. The SMILES string of the molecule is COCCCC(N)CCc1ccncc1. The third-order valence-electron chi connectivity index (χ3n) is 2.48. The van der Waals surface area contributed by atoms with Gasteiger partial charge in [-0.15, -0.1) is 0 Å². The third kappa shape index (κ3) is 5.50. The quantitative estimate of drug-likeness (QED) is 0.695. The molecule has 1 unspecified atom stereocenters. The molecule has 0 aliphatic heterocycles. The van der Waals surface area contributed by atoms with Gasteiger partial charge in [0.15, 0.2) is 0 Å². The fourth-order valence-electron chi connectivity index (χ4n) is 1.54. The molecule has 84 valence electrons. The lowest BCUT2D eigenvalue weighted by atomic mass is 10.0. The second kappa shape index (κ2) is 7.37. The molecule has 1 aromatic heterocycles. The van der Waals surface area contributed by atoms with E-state index in [0.717, 1.165) is 32.3 Å². The summed E-state index contributed by atoms with van der Waals surface area (Å²) >= 11 is 0. The van der Waals surface area contributed by atoms with Crippen LogP contribution in [0.3, 0.4) is 0 Å². The van der Waals surface area contributed by atoms with Crippen molar-refractivity contribution in [2.75, 3.05) is 13.7 Å². The number of aromatic nitrogens is 1. The lowest BCUT2D eigenvalue weighted by Gasteiger charge is -2.10. The summed E-state index contributed by atoms with van der Waals surface area (Å²) < 4.78 is 4.99. The Morgan fingerprint density at radius 2 is 2.07 bits per heavy atom. The summed E-state index contributed by atoms with van der Waals surface area (Å²) in [4.78, 5) is 3.99. The lowest BCUT2D eigenvalue weighted by molar-refractivity contribution is 0.190. The first kappa shape index (κ1) is 12.1. The molecule has 0 spiro atoms. The van der Waals surface area contributed by atoms with E-state index in [9.17, 15) is 0 Å². The monoisotopic (exact) mass is 208 g/mol. The highest BCUT2D eigenvalue weighted by atomic mass is 16.5. The van der Waals surface area contributed by atoms with Crippen molar-refractivity contribution in [2.45, 2.75) is 31.7 Å². The van der Waals surface area contributed by atoms with Gasteiger partial charge in [0, 0.05) is 32.2 Å². The van der Waals surface area contributed by atoms with Crippen molar-refractivity contribution in [3.63, 3.8) is 0 Å². The van der Waals surface area contributed by atoms with E-state index in [1.54, 1.807) is 7.11 Å². The number of hydrogen-bond acceptors (Lipinski definition) is 3. The van der Waals surface area contributed by atoms with Crippen molar-refractivity contribution in [3.05, 3.63) is 30.1 Å². The minimum Gasteiger partial charge on any atom is -0.385 e. The number of ether oxygens (including phenoxy) is 1. The molecule has 0 aromatic carbocycles. The van der Waals surface area contributed by atoms with Crippen molar-refractivity contribution in [2.24, 2.45) is 5.73 Å². The number of rotatable bonds is 7. The van der Waals surface area contributed by atoms with Crippen LogP contribution >= 0.6 is 0 Å². The number of methoxy groups -OCH3 is 1. The highest BCUT2D eigenvalue weighted by molar-refractivity contribution is 5.09. The van der Waals surface area contributed by atoms with Gasteiger partial charge in [0.05, 0.1) is 0 Å². The number of pyridine rings is 1. The predicted molar refractivity (Wildman–Crippen MR) is 61.6 cm³/mol. The minimum atomic E-state index is 0.285. The Kier molecular flexibility index (Phi) is 5.97. The Morgan fingerprint density at radius 1 is 1.33 bits per heavy atom. The second-order valence-corrected chi connectivity index (χ2v) is 3.79. The summed E-state index contributed by atoms with van der Waals surface area (Å²) in [6.45, 7) is 0.808. The van der Waals surface area contributed by atoms with Crippen LogP contribution in [0.5, 0.6) is 0 Å². The van der Waals surface area contributed by atoms with Gasteiger partial charge >= 0.3 is 0 Å². The van der Waals surface area contributed by atoms with Crippen LogP contribution in [0.15, 0.2) is 24.5 Å². The Balaban J connectivity index is 2.14. The zero-order valence-electron chi connectivity index (χ0n) is 9.36. The highest BCUT2D eigenvalue weighted by Crippen LogP contribution is 2.06. The van der Waals surface area contributed by atoms with Crippen LogP contribution in [0.2, 0.25) is 0 Å². The van der Waals surface area contributed by atoms with Gasteiger partial charge in [0.2, 0.25) is 0 Å². The Bertz CT molecular complexity index is 251. The van der Waals surface area contributed by atoms with Crippen molar-refractivity contribution in [1.82, 2.24) is 4.98 Å². The summed E-state index contributed by atoms with van der Waals surface area (Å²) in [7, 11) is 1.72. The summed E-state index contributed by atoms with van der Waals surface area (Å²) in [5.41, 5.74) is 7.30. The van der Waals surface area contributed by atoms with Crippen molar-refractivity contribution < 1.29 is 4.74 Å². The first-order valence-corrected chi connectivity index (χ1v) is 5.46. The molecule has 0 saturated carbocycles. The van der Waals surface area contributed by atoms with Crippen LogP contribution in [0.25, 0.3) is 0 Å². The second-order valence-electron chi connectivity index (χ2n) is 3.79. The molecule has 0 aliphatic rings. The lowest BCUT2D eigenvalue weighted by Crippen LogP contribution is -2.21. The van der Waals surface area contributed by atoms with Gasteiger partial charge in [0.25, 0.3) is 0 Å². The van der Waals surface area contributed by atoms with Crippen LogP contribution in [0, 0.1) is 0 Å². The number of aryl methyl sites for hydroxylation is 1. The molecule has 0 bridgehead atoms. The molecule has 2 N–H and O–H groups in total. The van der Waals surface area contributed by atoms with Crippen LogP contribution in [0.4, 0.5) is 0 Å². The van der Waals surface area contributed by atoms with E-state index in [1.807, 2.05) is 24.5 Å². The molecule has 1 heterocycles. The van der Waals surface area contributed by atoms with E-state index in [0.29, 0.717) is 0 Å². The molecule has 0 amide bonds. The Hall–Kier alpha value is -0.930. The fraction of sp³-hybridized carbons (Fsp3) is 0.583. The first-order valence-electron chi connectivity index (χ1n) is 5.46. The van der Waals surface area contributed by atoms with Crippen LogP contribution in [-0.2, 0) is 11.2 Å². The van der Waals surface area contributed by atoms with Gasteiger partial charge < -0.3 is 10.5 Å². The van der Waals surface area contributed by atoms with Crippen LogP contribution in [0.1, 0.15) is 24.8 Å². The molecule has 3 heteroatoms. The largest absolute Gasteiger partial charge is 0.385 e. The molecule has 0 fully saturated rings. The van der Waals surface area contributed by atoms with Crippen molar-refractivity contribution >= 4 is 0 Å². The topological polar surface area (TPSA) is 48.1 Å². The van der Waals surface area contributed by atoms with Crippen LogP contribution in [-0.4, -0.2) is 24.7 Å². The smallest absolute Gasteiger partial charge is 0.0462 e. The van der Waals surface area contributed by atoms with E-state index in [-0.39, 0.29) is 6.04 Å². The number of hydrogen-bond donors (Lipinski definition) is 1. The summed E-state index contributed by atoms with van der Waals surface area (Å²) in [6.07, 6.45) is 7.81. The molecule has 0 radical (unpaired) electrons. The Labute approximate surface area is 91.7 Å². The standard InChI is InChI=1S/C12H20N2O/c1-15-10-2-3-12(13)5-4-11-6-8-14-9-7-11/h6-9,12H,2-5,10,13H2,1H3. The average Bonchev–Trinajstić information content (AvgIpc) is 2.28. The minimum absolute atomic E-state index is 0.285. The maximum absolute atomic E-state index is 5.99. The van der Waals surface area contributed by atoms with E-state index in [2.05, 4.69) is 4.98 Å². The summed E-state index contributed by atoms with van der Waals surface area (Å²) in [5, 5.41) is 0. The van der Waals surface area contributed by atoms with Gasteiger partial charge in [0.1, 0.15) is 0 Å². The molecule has 15 heavy (non-hydrogen) atoms. The highest BCUT2D eigenvalue weighted by Gasteiger charge is 2.02. The van der Waals surface area contributed by atoms with Crippen molar-refractivity contribution in [1.29, 1.82) is 0 Å². The van der Waals surface area contributed by atoms with Gasteiger partial charge in [-0.2, -0.15) is 0 Å². The third-order valence-corrected chi connectivity index (χ3v) is 2.48. The summed E-state index contributed by atoms with van der Waals surface area (Å²) in [5.74, 6) is 0. The molecule has 1 rings (SSSR count). The molecule has 1 aromatic rings. The van der Waals surface area contributed by atoms with Gasteiger partial charge in [-0.05, 0) is 43.4 Å². The van der Waals surface area contributed by atoms with E-state index in [4.69, 9.17) is 10.5 Å². The van der Waals surface area contributed by atoms with E-state index < -0.39 is 0 Å². The molecule has 3 nitrogen and oxygen atoms in total. The van der Waals surface area contributed by atoms with E-state index >= 15 is 0 Å². The van der Waals surface area contributed by atoms with Gasteiger partial charge in [-0.1, -0.05) is 0 Å². The first-order chi connectivity index (χ1) is 7.33. The van der Waals surface area contributed by atoms with Gasteiger partial charge in [-0.3, -0.25) is 4.98 Å². The predicted octanol–water partition coefficient (Wildman–Crippen LogP) is 1.77. The molecular formula is C12H20N2O. The fourth-order valence-corrected chi connectivity index (χ4v) is 1.54. The summed E-state index contributed by atoms with van der Waals surface area (Å²) in [6, 6.07) is 4.37. The van der Waals surface area contributed by atoms with E-state index in [1.165, 1.54) is 5.56 Å². The van der Waals surface area contributed by atoms with Crippen molar-refractivity contribution in [3.8, 4) is 0 Å². The molecule has 0 aliphatic carbocycles.